The van der Waals surface area contributed by atoms with Gasteiger partial charge in [-0.3, -0.25) is 9.88 Å². The summed E-state index contributed by atoms with van der Waals surface area (Å²) in [5.74, 6) is -0.401. The summed E-state index contributed by atoms with van der Waals surface area (Å²) in [6, 6.07) is 16.4. The molecule has 1 unspecified atom stereocenters. The third-order valence-electron chi connectivity index (χ3n) is 5.08. The normalized spacial score (nSPS) is 12.3. The Kier molecular flexibility index (Phi) is 8.95. The summed E-state index contributed by atoms with van der Waals surface area (Å²) in [5.41, 5.74) is 2.40. The molecule has 0 radical (unpaired) electrons. The second-order valence-electron chi connectivity index (χ2n) is 7.64. The lowest BCUT2D eigenvalue weighted by Gasteiger charge is -2.27. The fourth-order valence-corrected chi connectivity index (χ4v) is 4.70. The molecule has 7 nitrogen and oxygen atoms in total. The highest BCUT2D eigenvalue weighted by Crippen LogP contribution is 2.16. The standard InChI is InChI=1S/C25H26ClN3O4S/c1-3-23(28-34(31,32)24-12-10-22(26)11-13-24)18-29(17-20-5-4-14-27-15-20)16-19-6-8-21(9-7-19)25(30)33-2/h3-15,23,28H,1,16-18H2,2H3. The third-order valence-corrected chi connectivity index (χ3v) is 6.84. The van der Waals surface area contributed by atoms with Crippen molar-refractivity contribution < 1.29 is 17.9 Å². The molecule has 9 heteroatoms. The molecule has 1 aromatic heterocycles. The summed E-state index contributed by atoms with van der Waals surface area (Å²) in [6.07, 6.45) is 5.05. The van der Waals surface area contributed by atoms with Crippen molar-refractivity contribution in [3.63, 3.8) is 0 Å². The van der Waals surface area contributed by atoms with E-state index in [1.807, 2.05) is 24.3 Å². The Morgan fingerprint density at radius 3 is 2.38 bits per heavy atom. The first kappa shape index (κ1) is 25.6. The summed E-state index contributed by atoms with van der Waals surface area (Å²) in [4.78, 5) is 18.1. The van der Waals surface area contributed by atoms with Crippen molar-refractivity contribution in [2.24, 2.45) is 0 Å². The van der Waals surface area contributed by atoms with Crippen LogP contribution in [-0.4, -0.2) is 44.0 Å². The number of methoxy groups -OCH3 is 1. The van der Waals surface area contributed by atoms with Gasteiger partial charge in [0.05, 0.1) is 23.6 Å². The predicted molar refractivity (Wildman–Crippen MR) is 132 cm³/mol. The zero-order valence-electron chi connectivity index (χ0n) is 18.7. The number of halogens is 1. The maximum Gasteiger partial charge on any atom is 0.337 e. The zero-order valence-corrected chi connectivity index (χ0v) is 20.3. The second kappa shape index (κ2) is 11.9. The van der Waals surface area contributed by atoms with Gasteiger partial charge in [0.2, 0.25) is 10.0 Å². The quantitative estimate of drug-likeness (QED) is 0.316. The van der Waals surface area contributed by atoms with Crippen LogP contribution in [0.3, 0.4) is 0 Å². The van der Waals surface area contributed by atoms with E-state index in [2.05, 4.69) is 21.2 Å². The van der Waals surface area contributed by atoms with Crippen molar-refractivity contribution in [1.82, 2.24) is 14.6 Å². The van der Waals surface area contributed by atoms with E-state index in [4.69, 9.17) is 16.3 Å². The van der Waals surface area contributed by atoms with Crippen LogP contribution in [0.1, 0.15) is 21.5 Å². The van der Waals surface area contributed by atoms with Gasteiger partial charge in [0.25, 0.3) is 0 Å². The van der Waals surface area contributed by atoms with Gasteiger partial charge >= 0.3 is 5.97 Å². The molecule has 3 rings (SSSR count). The van der Waals surface area contributed by atoms with E-state index in [1.54, 1.807) is 30.6 Å². The molecule has 0 aliphatic rings. The number of sulfonamides is 1. The average Bonchev–Trinajstić information content (AvgIpc) is 2.84. The van der Waals surface area contributed by atoms with E-state index in [0.717, 1.165) is 11.1 Å². The number of nitrogens with one attached hydrogen (secondary N) is 1. The van der Waals surface area contributed by atoms with Gasteiger partial charge in [0, 0.05) is 37.1 Å². The largest absolute Gasteiger partial charge is 0.465 e. The van der Waals surface area contributed by atoms with Crippen molar-refractivity contribution in [3.05, 3.63) is 107 Å². The SMILES string of the molecule is C=CC(CN(Cc1ccc(C(=O)OC)cc1)Cc1cccnc1)NS(=O)(=O)c1ccc(Cl)cc1. The van der Waals surface area contributed by atoms with E-state index in [-0.39, 0.29) is 4.90 Å². The van der Waals surface area contributed by atoms with Crippen LogP contribution in [0.4, 0.5) is 0 Å². The molecule has 0 fully saturated rings. The number of benzene rings is 2. The number of hydrogen-bond donors (Lipinski definition) is 1. The molecule has 1 heterocycles. The number of nitrogens with zero attached hydrogens (tertiary/aromatic N) is 2. The first-order valence-electron chi connectivity index (χ1n) is 10.5. The lowest BCUT2D eigenvalue weighted by molar-refractivity contribution is 0.0600. The Labute approximate surface area is 205 Å². The first-order chi connectivity index (χ1) is 16.3. The van der Waals surface area contributed by atoms with Gasteiger partial charge in [-0.05, 0) is 53.6 Å². The molecule has 0 bridgehead atoms. The average molecular weight is 500 g/mol. The van der Waals surface area contributed by atoms with Crippen LogP contribution in [0.15, 0.2) is 90.6 Å². The molecule has 1 atom stereocenters. The lowest BCUT2D eigenvalue weighted by atomic mass is 10.1. The predicted octanol–water partition coefficient (Wildman–Crippen LogP) is 4.06. The third kappa shape index (κ3) is 7.23. The molecule has 2 aromatic carbocycles. The Hall–Kier alpha value is -3.04. The van der Waals surface area contributed by atoms with Gasteiger partial charge in [0.15, 0.2) is 0 Å². The number of rotatable bonds is 11. The van der Waals surface area contributed by atoms with Crippen molar-refractivity contribution in [2.45, 2.75) is 24.0 Å². The fraction of sp³-hybridized carbons (Fsp3) is 0.200. The van der Waals surface area contributed by atoms with E-state index in [1.165, 1.54) is 31.4 Å². The van der Waals surface area contributed by atoms with Crippen LogP contribution in [0.5, 0.6) is 0 Å². The van der Waals surface area contributed by atoms with Gasteiger partial charge in [0.1, 0.15) is 0 Å². The topological polar surface area (TPSA) is 88.6 Å². The molecule has 0 aliphatic carbocycles. The smallest absolute Gasteiger partial charge is 0.337 e. The Bertz CT molecular complexity index is 1200. The highest BCUT2D eigenvalue weighted by atomic mass is 35.5. The molecule has 34 heavy (non-hydrogen) atoms. The van der Waals surface area contributed by atoms with Gasteiger partial charge < -0.3 is 4.74 Å². The summed E-state index contributed by atoms with van der Waals surface area (Å²) in [5, 5.41) is 0.458. The number of pyridine rings is 1. The number of carbonyl (C=O) groups excluding carboxylic acids is 1. The van der Waals surface area contributed by atoms with Crippen LogP contribution < -0.4 is 4.72 Å². The van der Waals surface area contributed by atoms with E-state index in [0.29, 0.717) is 30.2 Å². The van der Waals surface area contributed by atoms with Crippen molar-refractivity contribution >= 4 is 27.6 Å². The minimum atomic E-state index is -3.77. The van der Waals surface area contributed by atoms with Crippen LogP contribution >= 0.6 is 11.6 Å². The number of aromatic nitrogens is 1. The highest BCUT2D eigenvalue weighted by molar-refractivity contribution is 7.89. The van der Waals surface area contributed by atoms with Crippen molar-refractivity contribution in [2.75, 3.05) is 13.7 Å². The van der Waals surface area contributed by atoms with Crippen LogP contribution in [0, 0.1) is 0 Å². The highest BCUT2D eigenvalue weighted by Gasteiger charge is 2.21. The summed E-state index contributed by atoms with van der Waals surface area (Å²) < 4.78 is 33.2. The van der Waals surface area contributed by atoms with Gasteiger partial charge in [-0.15, -0.1) is 6.58 Å². The van der Waals surface area contributed by atoms with Gasteiger partial charge in [-0.25, -0.2) is 17.9 Å². The van der Waals surface area contributed by atoms with Crippen molar-refractivity contribution in [3.8, 4) is 0 Å². The fourth-order valence-electron chi connectivity index (χ4n) is 3.38. The molecule has 0 saturated heterocycles. The molecule has 3 aromatic rings. The van der Waals surface area contributed by atoms with Crippen LogP contribution in [-0.2, 0) is 27.8 Å². The molecule has 178 valence electrons. The maximum atomic E-state index is 12.9. The number of hydrogen-bond acceptors (Lipinski definition) is 6. The molecule has 1 N–H and O–H groups in total. The molecule has 0 aliphatic heterocycles. The Balaban J connectivity index is 1.78. The first-order valence-corrected chi connectivity index (χ1v) is 12.4. The summed E-state index contributed by atoms with van der Waals surface area (Å²) >= 11 is 5.88. The summed E-state index contributed by atoms with van der Waals surface area (Å²) in [7, 11) is -2.43. The van der Waals surface area contributed by atoms with E-state index in [9.17, 15) is 13.2 Å². The minimum absolute atomic E-state index is 0.126. The minimum Gasteiger partial charge on any atom is -0.465 e. The Morgan fingerprint density at radius 1 is 1.12 bits per heavy atom. The number of esters is 1. The molecule has 0 spiro atoms. The maximum absolute atomic E-state index is 12.9. The molecule has 0 saturated carbocycles. The van der Waals surface area contributed by atoms with Crippen LogP contribution in [0.25, 0.3) is 0 Å². The lowest BCUT2D eigenvalue weighted by Crippen LogP contribution is -2.42. The molecular formula is C25H26ClN3O4S. The van der Waals surface area contributed by atoms with E-state index < -0.39 is 22.0 Å². The van der Waals surface area contributed by atoms with Crippen LogP contribution in [0.2, 0.25) is 5.02 Å². The summed E-state index contributed by atoms with van der Waals surface area (Å²) in [6.45, 7) is 5.25. The van der Waals surface area contributed by atoms with Gasteiger partial charge in [-0.2, -0.15) is 0 Å². The Morgan fingerprint density at radius 2 is 1.79 bits per heavy atom. The monoisotopic (exact) mass is 499 g/mol. The van der Waals surface area contributed by atoms with E-state index >= 15 is 0 Å². The zero-order chi connectivity index (χ0) is 24.6. The second-order valence-corrected chi connectivity index (χ2v) is 9.79. The molecule has 0 amide bonds. The number of ether oxygens (including phenoxy) is 1. The molecular weight excluding hydrogens is 474 g/mol. The van der Waals surface area contributed by atoms with Crippen molar-refractivity contribution in [1.29, 1.82) is 0 Å². The van der Waals surface area contributed by atoms with Gasteiger partial charge in [-0.1, -0.05) is 35.9 Å². The number of carbonyl (C=O) groups is 1.